The summed E-state index contributed by atoms with van der Waals surface area (Å²) in [7, 11) is 0. The Balaban J connectivity index is 1.90. The smallest absolute Gasteiger partial charge is 0.0991 e. The third kappa shape index (κ3) is 3.69. The Labute approximate surface area is 121 Å². The molecule has 2 rings (SSSR count). The van der Waals surface area contributed by atoms with Crippen molar-refractivity contribution in [3.05, 3.63) is 71.3 Å². The normalized spacial score (nSPS) is 11.1. The predicted molar refractivity (Wildman–Crippen MR) is 82.3 cm³/mol. The molecule has 2 heteroatoms. The molecular weight excluding hydrogens is 244 g/mol. The first kappa shape index (κ1) is 14.3. The molecule has 0 saturated carbocycles. The van der Waals surface area contributed by atoms with Crippen LogP contribution in [0.25, 0.3) is 0 Å². The van der Waals surface area contributed by atoms with E-state index in [2.05, 4.69) is 49.5 Å². The fourth-order valence-corrected chi connectivity index (χ4v) is 2.21. The minimum Gasteiger partial charge on any atom is -0.312 e. The molecule has 0 unspecified atom stereocenters. The van der Waals surface area contributed by atoms with Crippen molar-refractivity contribution in [2.45, 2.75) is 25.8 Å². The van der Waals surface area contributed by atoms with Crippen LogP contribution in [0.5, 0.6) is 0 Å². The highest BCUT2D eigenvalue weighted by Crippen LogP contribution is 2.21. The maximum absolute atomic E-state index is 8.77. The van der Waals surface area contributed by atoms with Gasteiger partial charge in [0.1, 0.15) is 0 Å². The molecule has 2 aromatic carbocycles. The lowest BCUT2D eigenvalue weighted by Crippen LogP contribution is -2.32. The maximum atomic E-state index is 8.77. The zero-order valence-corrected chi connectivity index (χ0v) is 12.1. The van der Waals surface area contributed by atoms with E-state index >= 15 is 0 Å². The van der Waals surface area contributed by atoms with Crippen LogP contribution in [0.1, 0.15) is 30.5 Å². The number of hydrogen-bond donors (Lipinski definition) is 1. The fourth-order valence-electron chi connectivity index (χ4n) is 2.21. The Kier molecular flexibility index (Phi) is 4.55. The van der Waals surface area contributed by atoms with Gasteiger partial charge in [0.15, 0.2) is 0 Å². The summed E-state index contributed by atoms with van der Waals surface area (Å²) in [5.41, 5.74) is 3.35. The topological polar surface area (TPSA) is 35.8 Å². The van der Waals surface area contributed by atoms with Gasteiger partial charge in [-0.25, -0.2) is 0 Å². The Morgan fingerprint density at radius 2 is 1.65 bits per heavy atom. The van der Waals surface area contributed by atoms with Crippen LogP contribution in [0, 0.1) is 11.3 Å². The molecule has 2 nitrogen and oxygen atoms in total. The summed E-state index contributed by atoms with van der Waals surface area (Å²) in [5, 5.41) is 12.3. The zero-order valence-electron chi connectivity index (χ0n) is 12.1. The molecule has 0 aliphatic heterocycles. The fraction of sp³-hybridized carbons (Fsp3) is 0.278. The number of nitrogens with one attached hydrogen (secondary N) is 1. The average molecular weight is 264 g/mol. The van der Waals surface area contributed by atoms with Crippen molar-refractivity contribution in [3.63, 3.8) is 0 Å². The van der Waals surface area contributed by atoms with Crippen molar-refractivity contribution >= 4 is 0 Å². The second-order valence-corrected chi connectivity index (χ2v) is 5.66. The van der Waals surface area contributed by atoms with Gasteiger partial charge in [0, 0.05) is 18.5 Å². The Hall–Kier alpha value is -2.11. The van der Waals surface area contributed by atoms with E-state index in [1.165, 1.54) is 11.1 Å². The molecule has 0 amide bonds. The van der Waals surface area contributed by atoms with Gasteiger partial charge in [0.2, 0.25) is 0 Å². The van der Waals surface area contributed by atoms with Crippen LogP contribution in [0.4, 0.5) is 0 Å². The number of rotatable bonds is 5. The van der Waals surface area contributed by atoms with Crippen LogP contribution in [-0.4, -0.2) is 6.54 Å². The van der Waals surface area contributed by atoms with E-state index in [0.29, 0.717) is 5.56 Å². The first-order chi connectivity index (χ1) is 9.62. The lowest BCUT2D eigenvalue weighted by atomic mass is 9.84. The van der Waals surface area contributed by atoms with Crippen molar-refractivity contribution in [2.75, 3.05) is 6.54 Å². The van der Waals surface area contributed by atoms with Gasteiger partial charge in [-0.15, -0.1) is 0 Å². The van der Waals surface area contributed by atoms with Crippen molar-refractivity contribution in [2.24, 2.45) is 0 Å². The SMILES string of the molecule is CC(C)(CNCc1ccc(C#N)cc1)c1ccccc1. The van der Waals surface area contributed by atoms with Gasteiger partial charge in [0.05, 0.1) is 11.6 Å². The van der Waals surface area contributed by atoms with Gasteiger partial charge >= 0.3 is 0 Å². The Morgan fingerprint density at radius 3 is 2.25 bits per heavy atom. The van der Waals surface area contributed by atoms with Crippen LogP contribution < -0.4 is 5.32 Å². The van der Waals surface area contributed by atoms with E-state index in [1.54, 1.807) is 0 Å². The van der Waals surface area contributed by atoms with Crippen LogP contribution in [-0.2, 0) is 12.0 Å². The van der Waals surface area contributed by atoms with E-state index < -0.39 is 0 Å². The summed E-state index contributed by atoms with van der Waals surface area (Å²) < 4.78 is 0. The largest absolute Gasteiger partial charge is 0.312 e. The van der Waals surface area contributed by atoms with Crippen LogP contribution >= 0.6 is 0 Å². The second kappa shape index (κ2) is 6.36. The average Bonchev–Trinajstić information content (AvgIpc) is 2.49. The summed E-state index contributed by atoms with van der Waals surface area (Å²) in [6.07, 6.45) is 0. The van der Waals surface area contributed by atoms with Gasteiger partial charge in [-0.1, -0.05) is 56.3 Å². The number of nitriles is 1. The summed E-state index contributed by atoms with van der Waals surface area (Å²) in [6.45, 7) is 6.22. The van der Waals surface area contributed by atoms with E-state index in [-0.39, 0.29) is 5.41 Å². The predicted octanol–water partition coefficient (Wildman–Crippen LogP) is 3.63. The molecule has 0 bridgehead atoms. The maximum Gasteiger partial charge on any atom is 0.0991 e. The van der Waals surface area contributed by atoms with Gasteiger partial charge < -0.3 is 5.32 Å². The van der Waals surface area contributed by atoms with Crippen molar-refractivity contribution in [3.8, 4) is 6.07 Å². The molecule has 0 aromatic heterocycles. The first-order valence-electron chi connectivity index (χ1n) is 6.87. The standard InChI is InChI=1S/C18H20N2/c1-18(2,17-6-4-3-5-7-17)14-20-13-16-10-8-15(12-19)9-11-16/h3-11,20H,13-14H2,1-2H3. The number of hydrogen-bond acceptors (Lipinski definition) is 2. The molecule has 0 atom stereocenters. The van der Waals surface area contributed by atoms with Crippen molar-refractivity contribution in [1.29, 1.82) is 5.26 Å². The molecule has 102 valence electrons. The van der Waals surface area contributed by atoms with Crippen LogP contribution in [0.15, 0.2) is 54.6 Å². The van der Waals surface area contributed by atoms with E-state index in [9.17, 15) is 0 Å². The quantitative estimate of drug-likeness (QED) is 0.895. The molecule has 20 heavy (non-hydrogen) atoms. The van der Waals surface area contributed by atoms with E-state index in [0.717, 1.165) is 13.1 Å². The van der Waals surface area contributed by atoms with Crippen molar-refractivity contribution in [1.82, 2.24) is 5.32 Å². The molecule has 1 N–H and O–H groups in total. The second-order valence-electron chi connectivity index (χ2n) is 5.66. The minimum absolute atomic E-state index is 0.105. The summed E-state index contributed by atoms with van der Waals surface area (Å²) >= 11 is 0. The lowest BCUT2D eigenvalue weighted by molar-refractivity contribution is 0.469. The summed E-state index contributed by atoms with van der Waals surface area (Å²) in [4.78, 5) is 0. The van der Waals surface area contributed by atoms with Crippen LogP contribution in [0.2, 0.25) is 0 Å². The lowest BCUT2D eigenvalue weighted by Gasteiger charge is -2.25. The van der Waals surface area contributed by atoms with E-state index in [1.807, 2.05) is 30.3 Å². The molecular formula is C18H20N2. The molecule has 0 heterocycles. The monoisotopic (exact) mass is 264 g/mol. The first-order valence-corrected chi connectivity index (χ1v) is 6.87. The molecule has 0 radical (unpaired) electrons. The molecule has 0 spiro atoms. The molecule has 0 saturated heterocycles. The Morgan fingerprint density at radius 1 is 1.00 bits per heavy atom. The van der Waals surface area contributed by atoms with Gasteiger partial charge in [-0.3, -0.25) is 0 Å². The van der Waals surface area contributed by atoms with Gasteiger partial charge in [-0.05, 0) is 23.3 Å². The zero-order chi connectivity index (χ0) is 14.4. The third-order valence-electron chi connectivity index (χ3n) is 3.53. The van der Waals surface area contributed by atoms with E-state index in [4.69, 9.17) is 5.26 Å². The molecule has 0 fully saturated rings. The highest BCUT2D eigenvalue weighted by Gasteiger charge is 2.19. The molecule has 0 aliphatic carbocycles. The van der Waals surface area contributed by atoms with Gasteiger partial charge in [-0.2, -0.15) is 5.26 Å². The highest BCUT2D eigenvalue weighted by molar-refractivity contribution is 5.31. The van der Waals surface area contributed by atoms with Crippen LogP contribution in [0.3, 0.4) is 0 Å². The number of benzene rings is 2. The minimum atomic E-state index is 0.105. The van der Waals surface area contributed by atoms with Gasteiger partial charge in [0.25, 0.3) is 0 Å². The van der Waals surface area contributed by atoms with Crippen molar-refractivity contribution < 1.29 is 0 Å². The summed E-state index contributed by atoms with van der Waals surface area (Å²) in [5.74, 6) is 0. The third-order valence-corrected chi connectivity index (χ3v) is 3.53. The Bertz CT molecular complexity index is 577. The summed E-state index contributed by atoms with van der Waals surface area (Å²) in [6, 6.07) is 20.4. The molecule has 0 aliphatic rings. The molecule has 2 aromatic rings. The number of nitrogens with zero attached hydrogens (tertiary/aromatic N) is 1. The highest BCUT2D eigenvalue weighted by atomic mass is 14.9.